The van der Waals surface area contributed by atoms with Gasteiger partial charge in [0.1, 0.15) is 0 Å². The first-order valence-electron chi connectivity index (χ1n) is 6.53. The summed E-state index contributed by atoms with van der Waals surface area (Å²) in [5.74, 6) is -0.799. The molecule has 20 heavy (non-hydrogen) atoms. The van der Waals surface area contributed by atoms with E-state index in [1.807, 2.05) is 60.5 Å². The van der Waals surface area contributed by atoms with E-state index in [-0.39, 0.29) is 12.5 Å². The van der Waals surface area contributed by atoms with Gasteiger partial charge in [-0.05, 0) is 24.7 Å². The van der Waals surface area contributed by atoms with E-state index >= 15 is 0 Å². The molecule has 0 saturated carbocycles. The second-order valence-electron chi connectivity index (χ2n) is 4.76. The fourth-order valence-electron chi connectivity index (χ4n) is 2.23. The molecule has 0 aliphatic carbocycles. The van der Waals surface area contributed by atoms with Crippen LogP contribution in [-0.4, -0.2) is 28.0 Å². The molecular weight excluding hydrogens is 252 g/mol. The van der Waals surface area contributed by atoms with Crippen LogP contribution in [0.1, 0.15) is 23.7 Å². The van der Waals surface area contributed by atoms with Crippen LogP contribution in [0.5, 0.6) is 0 Å². The molecule has 2 aromatic rings. The number of pyridine rings is 1. The maximum atomic E-state index is 11.1. The molecule has 2 rings (SSSR count). The number of carbonyl (C=O) groups is 1. The highest BCUT2D eigenvalue weighted by atomic mass is 16.4. The first kappa shape index (κ1) is 14.2. The highest BCUT2D eigenvalue weighted by Crippen LogP contribution is 2.24. The predicted molar refractivity (Wildman–Crippen MR) is 77.1 cm³/mol. The molecule has 104 valence electrons. The van der Waals surface area contributed by atoms with Gasteiger partial charge in [-0.15, -0.1) is 0 Å². The van der Waals surface area contributed by atoms with Gasteiger partial charge in [0.15, 0.2) is 0 Å². The van der Waals surface area contributed by atoms with Crippen molar-refractivity contribution in [3.05, 3.63) is 66.0 Å². The van der Waals surface area contributed by atoms with E-state index in [0.29, 0.717) is 6.54 Å². The molecule has 0 fully saturated rings. The van der Waals surface area contributed by atoms with Crippen LogP contribution < -0.4 is 0 Å². The Labute approximate surface area is 118 Å². The van der Waals surface area contributed by atoms with Crippen molar-refractivity contribution in [3.63, 3.8) is 0 Å². The van der Waals surface area contributed by atoms with Crippen molar-refractivity contribution in [1.82, 2.24) is 9.88 Å². The van der Waals surface area contributed by atoms with Crippen LogP contribution in [0.4, 0.5) is 0 Å². The zero-order valence-corrected chi connectivity index (χ0v) is 11.4. The maximum Gasteiger partial charge on any atom is 0.305 e. The molecule has 1 unspecified atom stereocenters. The molecule has 0 bridgehead atoms. The Morgan fingerprint density at radius 2 is 1.90 bits per heavy atom. The van der Waals surface area contributed by atoms with Crippen molar-refractivity contribution >= 4 is 5.97 Å². The predicted octanol–water partition coefficient (Wildman–Crippen LogP) is 2.73. The minimum absolute atomic E-state index is 0.0767. The highest BCUT2D eigenvalue weighted by molar-refractivity contribution is 5.67. The van der Waals surface area contributed by atoms with Gasteiger partial charge < -0.3 is 5.11 Å². The van der Waals surface area contributed by atoms with E-state index in [2.05, 4.69) is 4.98 Å². The van der Waals surface area contributed by atoms with E-state index in [1.54, 1.807) is 6.20 Å². The molecule has 0 radical (unpaired) electrons. The summed E-state index contributed by atoms with van der Waals surface area (Å²) in [5, 5.41) is 9.12. The van der Waals surface area contributed by atoms with E-state index in [9.17, 15) is 4.79 Å². The van der Waals surface area contributed by atoms with Gasteiger partial charge in [-0.3, -0.25) is 14.7 Å². The average Bonchev–Trinajstić information content (AvgIpc) is 2.46. The van der Waals surface area contributed by atoms with Crippen LogP contribution in [0, 0.1) is 0 Å². The van der Waals surface area contributed by atoms with Crippen LogP contribution >= 0.6 is 0 Å². The molecule has 1 aromatic carbocycles. The maximum absolute atomic E-state index is 11.1. The number of aliphatic carboxylic acids is 1. The van der Waals surface area contributed by atoms with Gasteiger partial charge >= 0.3 is 5.97 Å². The Balaban J connectivity index is 2.16. The molecule has 1 atom stereocenters. The summed E-state index contributed by atoms with van der Waals surface area (Å²) in [6, 6.07) is 15.3. The number of hydrogen-bond donors (Lipinski definition) is 1. The average molecular weight is 270 g/mol. The molecule has 1 heterocycles. The lowest BCUT2D eigenvalue weighted by Gasteiger charge is -2.27. The number of hydrogen-bond acceptors (Lipinski definition) is 3. The van der Waals surface area contributed by atoms with E-state index in [0.717, 1.165) is 11.3 Å². The summed E-state index contributed by atoms with van der Waals surface area (Å²) in [5.41, 5.74) is 1.94. The number of carboxylic acids is 1. The third kappa shape index (κ3) is 3.90. The standard InChI is InChI=1S/C16H18N2O2/c1-18(12-14-9-5-6-10-17-14)15(11-16(19)20)13-7-3-2-4-8-13/h2-10,15H,11-12H2,1H3,(H,19,20). The Morgan fingerprint density at radius 1 is 1.20 bits per heavy atom. The lowest BCUT2D eigenvalue weighted by molar-refractivity contribution is -0.138. The molecular formula is C16H18N2O2. The monoisotopic (exact) mass is 270 g/mol. The van der Waals surface area contributed by atoms with Gasteiger partial charge in [-0.2, -0.15) is 0 Å². The van der Waals surface area contributed by atoms with Crippen LogP contribution in [-0.2, 0) is 11.3 Å². The Hall–Kier alpha value is -2.20. The van der Waals surface area contributed by atoms with Gasteiger partial charge in [-0.1, -0.05) is 36.4 Å². The fraction of sp³-hybridized carbons (Fsp3) is 0.250. The largest absolute Gasteiger partial charge is 0.481 e. The number of aromatic nitrogens is 1. The molecule has 0 saturated heterocycles. The van der Waals surface area contributed by atoms with Gasteiger partial charge in [0, 0.05) is 18.8 Å². The molecule has 1 N–H and O–H groups in total. The molecule has 0 amide bonds. The van der Waals surface area contributed by atoms with Crippen molar-refractivity contribution in [2.24, 2.45) is 0 Å². The molecule has 0 aliphatic heterocycles. The van der Waals surface area contributed by atoms with E-state index in [1.165, 1.54) is 0 Å². The van der Waals surface area contributed by atoms with E-state index < -0.39 is 5.97 Å². The highest BCUT2D eigenvalue weighted by Gasteiger charge is 2.20. The Morgan fingerprint density at radius 3 is 2.50 bits per heavy atom. The van der Waals surface area contributed by atoms with Crippen LogP contribution in [0.3, 0.4) is 0 Å². The minimum atomic E-state index is -0.799. The number of benzene rings is 1. The lowest BCUT2D eigenvalue weighted by atomic mass is 10.0. The van der Waals surface area contributed by atoms with Crippen molar-refractivity contribution in [2.45, 2.75) is 19.0 Å². The first-order chi connectivity index (χ1) is 9.66. The van der Waals surface area contributed by atoms with E-state index in [4.69, 9.17) is 5.11 Å². The van der Waals surface area contributed by atoms with Crippen LogP contribution in [0.2, 0.25) is 0 Å². The van der Waals surface area contributed by atoms with Gasteiger partial charge in [-0.25, -0.2) is 0 Å². The SMILES string of the molecule is CN(Cc1ccccn1)C(CC(=O)O)c1ccccc1. The van der Waals surface area contributed by atoms with Gasteiger partial charge in [0.25, 0.3) is 0 Å². The second-order valence-corrected chi connectivity index (χ2v) is 4.76. The topological polar surface area (TPSA) is 53.4 Å². The third-order valence-corrected chi connectivity index (χ3v) is 3.22. The third-order valence-electron chi connectivity index (χ3n) is 3.22. The number of carboxylic acid groups (broad SMARTS) is 1. The minimum Gasteiger partial charge on any atom is -0.481 e. The summed E-state index contributed by atoms with van der Waals surface area (Å²) >= 11 is 0. The Kier molecular flexibility index (Phi) is 4.85. The van der Waals surface area contributed by atoms with Crippen molar-refractivity contribution < 1.29 is 9.90 Å². The summed E-state index contributed by atoms with van der Waals surface area (Å²) in [6.07, 6.45) is 1.82. The summed E-state index contributed by atoms with van der Waals surface area (Å²) in [4.78, 5) is 17.4. The first-order valence-corrected chi connectivity index (χ1v) is 6.53. The van der Waals surface area contributed by atoms with Gasteiger partial charge in [0.2, 0.25) is 0 Å². The fourth-order valence-corrected chi connectivity index (χ4v) is 2.23. The number of rotatable bonds is 6. The smallest absolute Gasteiger partial charge is 0.305 e. The molecule has 0 aliphatic rings. The summed E-state index contributed by atoms with van der Waals surface area (Å²) < 4.78 is 0. The molecule has 1 aromatic heterocycles. The van der Waals surface area contributed by atoms with Crippen molar-refractivity contribution in [2.75, 3.05) is 7.05 Å². The zero-order chi connectivity index (χ0) is 14.4. The van der Waals surface area contributed by atoms with Crippen LogP contribution in [0.25, 0.3) is 0 Å². The van der Waals surface area contributed by atoms with Gasteiger partial charge in [0.05, 0.1) is 12.1 Å². The lowest BCUT2D eigenvalue weighted by Crippen LogP contribution is -2.26. The number of nitrogens with zero attached hydrogens (tertiary/aromatic N) is 2. The molecule has 4 nitrogen and oxygen atoms in total. The summed E-state index contributed by atoms with van der Waals surface area (Å²) in [6.45, 7) is 0.619. The van der Waals surface area contributed by atoms with Crippen molar-refractivity contribution in [1.29, 1.82) is 0 Å². The molecule has 0 spiro atoms. The van der Waals surface area contributed by atoms with Crippen LogP contribution in [0.15, 0.2) is 54.7 Å². The Bertz CT molecular complexity index is 543. The molecule has 4 heteroatoms. The van der Waals surface area contributed by atoms with Crippen molar-refractivity contribution in [3.8, 4) is 0 Å². The quantitative estimate of drug-likeness (QED) is 0.877. The summed E-state index contributed by atoms with van der Waals surface area (Å²) in [7, 11) is 1.93. The zero-order valence-electron chi connectivity index (χ0n) is 11.4. The second kappa shape index (κ2) is 6.82. The normalized spacial score (nSPS) is 12.3.